The Labute approximate surface area is 143 Å². The Balaban J connectivity index is 1.88. The molecule has 24 heavy (non-hydrogen) atoms. The molecule has 0 bridgehead atoms. The van der Waals surface area contributed by atoms with E-state index in [1.807, 2.05) is 25.1 Å². The fraction of sp³-hybridized carbons (Fsp3) is 0.125. The molecule has 0 atom stereocenters. The van der Waals surface area contributed by atoms with Gasteiger partial charge in [-0.2, -0.15) is 0 Å². The minimum Gasteiger partial charge on any atom is -0.376 e. The molecule has 0 aliphatic carbocycles. The van der Waals surface area contributed by atoms with Crippen LogP contribution in [-0.4, -0.2) is 39.8 Å². The number of aromatic nitrogens is 4. The van der Waals surface area contributed by atoms with Crippen molar-refractivity contribution < 1.29 is 4.79 Å². The number of rotatable bonds is 4. The number of hydrogen-bond acceptors (Lipinski definition) is 5. The highest BCUT2D eigenvalue weighted by molar-refractivity contribution is 6.31. The van der Waals surface area contributed by atoms with Crippen molar-refractivity contribution in [2.75, 3.05) is 24.3 Å². The van der Waals surface area contributed by atoms with E-state index in [2.05, 4.69) is 20.5 Å². The van der Waals surface area contributed by atoms with Gasteiger partial charge in [0.2, 0.25) is 0 Å². The topological polar surface area (TPSA) is 75.9 Å². The van der Waals surface area contributed by atoms with Crippen molar-refractivity contribution in [1.29, 1.82) is 0 Å². The van der Waals surface area contributed by atoms with Gasteiger partial charge in [0, 0.05) is 19.1 Å². The Bertz CT molecular complexity index is 863. The number of pyridine rings is 1. The van der Waals surface area contributed by atoms with Crippen molar-refractivity contribution in [1.82, 2.24) is 19.7 Å². The van der Waals surface area contributed by atoms with Crippen molar-refractivity contribution >= 4 is 28.9 Å². The molecule has 2 heterocycles. The van der Waals surface area contributed by atoms with E-state index < -0.39 is 0 Å². The first-order valence-corrected chi connectivity index (χ1v) is 7.52. The van der Waals surface area contributed by atoms with Crippen LogP contribution < -0.4 is 10.2 Å². The number of anilines is 2. The molecular formula is C16H15ClN6O. The third kappa shape index (κ3) is 3.36. The number of carbonyl (C=O) groups excluding carboxylic acids is 1. The molecule has 2 aromatic heterocycles. The van der Waals surface area contributed by atoms with Crippen LogP contribution >= 0.6 is 11.6 Å². The van der Waals surface area contributed by atoms with Gasteiger partial charge in [-0.1, -0.05) is 17.7 Å². The molecule has 0 saturated carbocycles. The number of nitrogens with one attached hydrogen (secondary N) is 1. The molecule has 0 spiro atoms. The molecule has 3 aromatic rings. The van der Waals surface area contributed by atoms with Crippen LogP contribution in [0.1, 0.15) is 10.5 Å². The first kappa shape index (κ1) is 15.9. The van der Waals surface area contributed by atoms with Gasteiger partial charge in [-0.05, 0) is 30.3 Å². The number of hydrogen-bond donors (Lipinski definition) is 1. The summed E-state index contributed by atoms with van der Waals surface area (Å²) in [5, 5.41) is 10.9. The SMILES string of the molecule is CN(C)c1ccc(Cl)cc1NC(=O)c1cccc(-n2cnnc2)n1. The minimum absolute atomic E-state index is 0.283. The molecule has 1 aromatic carbocycles. The van der Waals surface area contributed by atoms with E-state index in [9.17, 15) is 4.79 Å². The van der Waals surface area contributed by atoms with Crippen molar-refractivity contribution in [2.24, 2.45) is 0 Å². The van der Waals surface area contributed by atoms with Crippen LogP contribution in [0.25, 0.3) is 5.82 Å². The van der Waals surface area contributed by atoms with Gasteiger partial charge >= 0.3 is 0 Å². The standard InChI is InChI=1S/C16H15ClN6O/c1-22(2)14-7-6-11(17)8-13(14)21-16(24)12-4-3-5-15(20-12)23-9-18-19-10-23/h3-10H,1-2H3,(H,21,24). The number of halogens is 1. The van der Waals surface area contributed by atoms with Crippen LogP contribution in [0, 0.1) is 0 Å². The number of benzene rings is 1. The Morgan fingerprint density at radius 2 is 1.92 bits per heavy atom. The van der Waals surface area contributed by atoms with Gasteiger partial charge in [-0.25, -0.2) is 4.98 Å². The van der Waals surface area contributed by atoms with E-state index >= 15 is 0 Å². The zero-order valence-electron chi connectivity index (χ0n) is 13.1. The summed E-state index contributed by atoms with van der Waals surface area (Å²) in [7, 11) is 3.79. The van der Waals surface area contributed by atoms with Crippen LogP contribution in [-0.2, 0) is 0 Å². The van der Waals surface area contributed by atoms with Gasteiger partial charge in [0.05, 0.1) is 11.4 Å². The molecule has 3 rings (SSSR count). The molecule has 1 amide bonds. The Morgan fingerprint density at radius 3 is 2.62 bits per heavy atom. The first-order valence-electron chi connectivity index (χ1n) is 7.15. The van der Waals surface area contributed by atoms with Crippen molar-refractivity contribution in [3.05, 3.63) is 59.8 Å². The van der Waals surface area contributed by atoms with E-state index in [-0.39, 0.29) is 11.6 Å². The maximum Gasteiger partial charge on any atom is 0.274 e. The second kappa shape index (κ2) is 6.67. The molecular weight excluding hydrogens is 328 g/mol. The fourth-order valence-electron chi connectivity index (χ4n) is 2.20. The Hall–Kier alpha value is -2.93. The molecule has 1 N–H and O–H groups in total. The highest BCUT2D eigenvalue weighted by atomic mass is 35.5. The Morgan fingerprint density at radius 1 is 1.17 bits per heavy atom. The quantitative estimate of drug-likeness (QED) is 0.788. The van der Waals surface area contributed by atoms with Crippen LogP contribution in [0.3, 0.4) is 0 Å². The lowest BCUT2D eigenvalue weighted by Gasteiger charge is -2.18. The molecule has 0 unspecified atom stereocenters. The summed E-state index contributed by atoms with van der Waals surface area (Å²) in [5.74, 6) is 0.238. The van der Waals surface area contributed by atoms with Gasteiger partial charge in [0.15, 0.2) is 0 Å². The van der Waals surface area contributed by atoms with Crippen molar-refractivity contribution in [3.63, 3.8) is 0 Å². The predicted octanol–water partition coefficient (Wildman–Crippen LogP) is 2.63. The number of carbonyl (C=O) groups is 1. The van der Waals surface area contributed by atoms with Crippen molar-refractivity contribution in [3.8, 4) is 5.82 Å². The highest BCUT2D eigenvalue weighted by Crippen LogP contribution is 2.28. The van der Waals surface area contributed by atoms with E-state index in [4.69, 9.17) is 11.6 Å². The second-order valence-corrected chi connectivity index (χ2v) is 5.70. The lowest BCUT2D eigenvalue weighted by molar-refractivity contribution is 0.102. The summed E-state index contributed by atoms with van der Waals surface area (Å²) in [4.78, 5) is 18.8. The number of nitrogens with zero attached hydrogens (tertiary/aromatic N) is 5. The summed E-state index contributed by atoms with van der Waals surface area (Å²) in [6.07, 6.45) is 3.04. The molecule has 122 valence electrons. The Kier molecular flexibility index (Phi) is 4.43. The van der Waals surface area contributed by atoms with Gasteiger partial charge in [-0.15, -0.1) is 10.2 Å². The molecule has 0 aliphatic rings. The summed E-state index contributed by atoms with van der Waals surface area (Å²) in [5.41, 5.74) is 1.75. The van der Waals surface area contributed by atoms with Crippen LogP contribution in [0.15, 0.2) is 49.1 Å². The molecule has 0 fully saturated rings. The third-order valence-corrected chi connectivity index (χ3v) is 3.57. The minimum atomic E-state index is -0.324. The fourth-order valence-corrected chi connectivity index (χ4v) is 2.37. The van der Waals surface area contributed by atoms with Crippen LogP contribution in [0.5, 0.6) is 0 Å². The van der Waals surface area contributed by atoms with Gasteiger partial charge < -0.3 is 10.2 Å². The normalized spacial score (nSPS) is 10.5. The molecule has 8 heteroatoms. The summed E-state index contributed by atoms with van der Waals surface area (Å²) >= 11 is 6.04. The van der Waals surface area contributed by atoms with E-state index in [1.165, 1.54) is 12.7 Å². The van der Waals surface area contributed by atoms with E-state index in [0.29, 0.717) is 16.5 Å². The zero-order valence-corrected chi connectivity index (χ0v) is 13.9. The molecule has 7 nitrogen and oxygen atoms in total. The molecule has 0 radical (unpaired) electrons. The highest BCUT2D eigenvalue weighted by Gasteiger charge is 2.13. The number of amides is 1. The summed E-state index contributed by atoms with van der Waals surface area (Å²) < 4.78 is 1.63. The lowest BCUT2D eigenvalue weighted by atomic mass is 10.2. The smallest absolute Gasteiger partial charge is 0.274 e. The molecule has 0 aliphatic heterocycles. The predicted molar refractivity (Wildman–Crippen MR) is 92.9 cm³/mol. The summed E-state index contributed by atoms with van der Waals surface area (Å²) in [6.45, 7) is 0. The van der Waals surface area contributed by atoms with Gasteiger partial charge in [-0.3, -0.25) is 9.36 Å². The third-order valence-electron chi connectivity index (χ3n) is 3.34. The van der Waals surface area contributed by atoms with Crippen LogP contribution in [0.4, 0.5) is 11.4 Å². The van der Waals surface area contributed by atoms with Crippen molar-refractivity contribution in [2.45, 2.75) is 0 Å². The maximum absolute atomic E-state index is 12.5. The average molecular weight is 343 g/mol. The average Bonchev–Trinajstić information content (AvgIpc) is 3.09. The largest absolute Gasteiger partial charge is 0.376 e. The zero-order chi connectivity index (χ0) is 17.1. The molecule has 0 saturated heterocycles. The summed E-state index contributed by atoms with van der Waals surface area (Å²) in [6, 6.07) is 10.5. The monoisotopic (exact) mass is 342 g/mol. The maximum atomic E-state index is 12.5. The van der Waals surface area contributed by atoms with Crippen LogP contribution in [0.2, 0.25) is 5.02 Å². The van der Waals surface area contributed by atoms with E-state index in [1.54, 1.807) is 34.9 Å². The second-order valence-electron chi connectivity index (χ2n) is 5.26. The lowest BCUT2D eigenvalue weighted by Crippen LogP contribution is -2.18. The first-order chi connectivity index (χ1) is 11.5. The van der Waals surface area contributed by atoms with Gasteiger partial charge in [0.25, 0.3) is 5.91 Å². The van der Waals surface area contributed by atoms with E-state index in [0.717, 1.165) is 5.69 Å². The van der Waals surface area contributed by atoms with Gasteiger partial charge in [0.1, 0.15) is 24.2 Å².